The minimum Gasteiger partial charge on any atom is -0.307 e. The van der Waals surface area contributed by atoms with Crippen molar-refractivity contribution in [3.8, 4) is 0 Å². The zero-order chi connectivity index (χ0) is 12.3. The van der Waals surface area contributed by atoms with Gasteiger partial charge in [-0.05, 0) is 36.1 Å². The second-order valence-corrected chi connectivity index (χ2v) is 6.79. The van der Waals surface area contributed by atoms with Crippen LogP contribution in [0.25, 0.3) is 0 Å². The normalized spacial score (nSPS) is 25.5. The van der Waals surface area contributed by atoms with E-state index in [0.717, 1.165) is 0 Å². The summed E-state index contributed by atoms with van der Waals surface area (Å²) in [5.74, 6) is 2.51. The van der Waals surface area contributed by atoms with E-state index in [9.17, 15) is 0 Å². The lowest BCUT2D eigenvalue weighted by Gasteiger charge is -2.36. The van der Waals surface area contributed by atoms with E-state index >= 15 is 0 Å². The van der Waals surface area contributed by atoms with E-state index in [1.807, 2.05) is 18.5 Å². The Hall–Kier alpha value is -0.540. The average molecular weight is 250 g/mol. The van der Waals surface area contributed by atoms with E-state index in [1.165, 1.54) is 23.5 Å². The summed E-state index contributed by atoms with van der Waals surface area (Å²) in [6, 6.07) is 5.17. The Kier molecular flexibility index (Phi) is 4.10. The fraction of sp³-hybridized carbons (Fsp3) is 0.643. The third kappa shape index (κ3) is 3.71. The van der Waals surface area contributed by atoms with E-state index in [-0.39, 0.29) is 0 Å². The zero-order valence-corrected chi connectivity index (χ0v) is 11.8. The molecule has 2 rings (SSSR count). The summed E-state index contributed by atoms with van der Waals surface area (Å²) in [4.78, 5) is 4.18. The molecule has 1 aliphatic heterocycles. The molecule has 2 atom stereocenters. The van der Waals surface area contributed by atoms with Crippen molar-refractivity contribution >= 4 is 11.8 Å². The quantitative estimate of drug-likeness (QED) is 0.891. The van der Waals surface area contributed by atoms with Crippen molar-refractivity contribution in [3.05, 3.63) is 30.1 Å². The number of hydrogen-bond donors (Lipinski definition) is 1. The second-order valence-electron chi connectivity index (χ2n) is 5.76. The number of aromatic nitrogens is 1. The Balaban J connectivity index is 1.93. The first kappa shape index (κ1) is 12.9. The van der Waals surface area contributed by atoms with Crippen molar-refractivity contribution in [2.75, 3.05) is 11.5 Å². The first-order valence-electron chi connectivity index (χ1n) is 6.30. The second kappa shape index (κ2) is 5.40. The van der Waals surface area contributed by atoms with Gasteiger partial charge in [-0.25, -0.2) is 0 Å². The highest BCUT2D eigenvalue weighted by Crippen LogP contribution is 2.34. The van der Waals surface area contributed by atoms with Crippen LogP contribution in [-0.4, -0.2) is 22.5 Å². The van der Waals surface area contributed by atoms with Gasteiger partial charge in [0, 0.05) is 30.2 Å². The monoisotopic (exact) mass is 250 g/mol. The Bertz CT molecular complexity index is 350. The van der Waals surface area contributed by atoms with Gasteiger partial charge in [0.2, 0.25) is 0 Å². The molecule has 3 heteroatoms. The van der Waals surface area contributed by atoms with Crippen LogP contribution in [0.15, 0.2) is 24.5 Å². The molecule has 1 fully saturated rings. The molecule has 2 nitrogen and oxygen atoms in total. The minimum atomic E-state index is 0.392. The van der Waals surface area contributed by atoms with Gasteiger partial charge in [0.15, 0.2) is 0 Å². The standard InChI is InChI=1S/C14H22N2S/c1-11(12-5-4-6-15-8-12)16-13-7-14(2,3)10-17-9-13/h4-6,8,11,13,16H,7,9-10H2,1-3H3/t11-,13?/m0/s1. The van der Waals surface area contributed by atoms with Crippen LogP contribution >= 0.6 is 11.8 Å². The molecule has 1 N–H and O–H groups in total. The smallest absolute Gasteiger partial charge is 0.0315 e. The number of hydrogen-bond acceptors (Lipinski definition) is 3. The van der Waals surface area contributed by atoms with Crippen LogP contribution in [0.4, 0.5) is 0 Å². The number of rotatable bonds is 3. The van der Waals surface area contributed by atoms with Crippen LogP contribution in [0.1, 0.15) is 38.8 Å². The summed E-state index contributed by atoms with van der Waals surface area (Å²) in [6.07, 6.45) is 5.05. The predicted octanol–water partition coefficient (Wildman–Crippen LogP) is 3.26. The van der Waals surface area contributed by atoms with Crippen LogP contribution in [0.5, 0.6) is 0 Å². The highest BCUT2D eigenvalue weighted by Gasteiger charge is 2.29. The highest BCUT2D eigenvalue weighted by atomic mass is 32.2. The van der Waals surface area contributed by atoms with E-state index < -0.39 is 0 Å². The number of nitrogens with zero attached hydrogens (tertiary/aromatic N) is 1. The van der Waals surface area contributed by atoms with E-state index in [0.29, 0.717) is 17.5 Å². The molecule has 2 heterocycles. The van der Waals surface area contributed by atoms with Crippen molar-refractivity contribution in [3.63, 3.8) is 0 Å². The van der Waals surface area contributed by atoms with Gasteiger partial charge in [-0.1, -0.05) is 19.9 Å². The maximum Gasteiger partial charge on any atom is 0.0315 e. The van der Waals surface area contributed by atoms with Crippen molar-refractivity contribution < 1.29 is 0 Å². The molecule has 1 saturated heterocycles. The molecule has 0 bridgehead atoms. The van der Waals surface area contributed by atoms with Gasteiger partial charge >= 0.3 is 0 Å². The largest absolute Gasteiger partial charge is 0.307 e. The Labute approximate surface area is 109 Å². The number of thioether (sulfide) groups is 1. The maximum absolute atomic E-state index is 4.18. The molecule has 17 heavy (non-hydrogen) atoms. The van der Waals surface area contributed by atoms with Crippen molar-refractivity contribution in [1.82, 2.24) is 10.3 Å². The first-order valence-corrected chi connectivity index (χ1v) is 7.46. The Morgan fingerprint density at radius 3 is 3.00 bits per heavy atom. The average Bonchev–Trinajstić information content (AvgIpc) is 2.29. The van der Waals surface area contributed by atoms with Crippen molar-refractivity contribution in [2.45, 2.75) is 39.3 Å². The van der Waals surface area contributed by atoms with Gasteiger partial charge in [-0.2, -0.15) is 11.8 Å². The first-order chi connectivity index (χ1) is 8.07. The van der Waals surface area contributed by atoms with E-state index in [1.54, 1.807) is 0 Å². The maximum atomic E-state index is 4.18. The molecular formula is C14H22N2S. The van der Waals surface area contributed by atoms with E-state index in [4.69, 9.17) is 0 Å². The van der Waals surface area contributed by atoms with Crippen LogP contribution in [0, 0.1) is 5.41 Å². The summed E-state index contributed by atoms with van der Waals surface area (Å²) in [5, 5.41) is 3.73. The molecule has 0 radical (unpaired) electrons. The molecular weight excluding hydrogens is 228 g/mol. The topological polar surface area (TPSA) is 24.9 Å². The Morgan fingerprint density at radius 1 is 1.53 bits per heavy atom. The zero-order valence-electron chi connectivity index (χ0n) is 10.9. The van der Waals surface area contributed by atoms with E-state index in [2.05, 4.69) is 48.9 Å². The summed E-state index contributed by atoms with van der Waals surface area (Å²) >= 11 is 2.07. The molecule has 0 aliphatic carbocycles. The molecule has 0 amide bonds. The van der Waals surface area contributed by atoms with Gasteiger partial charge in [0.1, 0.15) is 0 Å². The van der Waals surface area contributed by atoms with Crippen molar-refractivity contribution in [1.29, 1.82) is 0 Å². The molecule has 94 valence electrons. The van der Waals surface area contributed by atoms with Gasteiger partial charge in [-0.15, -0.1) is 0 Å². The summed E-state index contributed by atoms with van der Waals surface area (Å²) in [5.41, 5.74) is 1.75. The van der Waals surface area contributed by atoms with Crippen LogP contribution in [-0.2, 0) is 0 Å². The highest BCUT2D eigenvalue weighted by molar-refractivity contribution is 7.99. The van der Waals surface area contributed by atoms with Crippen LogP contribution in [0.2, 0.25) is 0 Å². The summed E-state index contributed by atoms with van der Waals surface area (Å²) in [7, 11) is 0. The lowest BCUT2D eigenvalue weighted by atomic mass is 9.87. The molecule has 0 aromatic carbocycles. The number of nitrogens with one attached hydrogen (secondary N) is 1. The molecule has 0 saturated carbocycles. The third-order valence-corrected chi connectivity index (χ3v) is 4.90. The molecule has 1 aliphatic rings. The fourth-order valence-corrected chi connectivity index (χ4v) is 3.74. The van der Waals surface area contributed by atoms with Crippen LogP contribution < -0.4 is 5.32 Å². The van der Waals surface area contributed by atoms with Crippen LogP contribution in [0.3, 0.4) is 0 Å². The third-order valence-electron chi connectivity index (χ3n) is 3.28. The lowest BCUT2D eigenvalue weighted by Crippen LogP contribution is -2.41. The predicted molar refractivity (Wildman–Crippen MR) is 75.3 cm³/mol. The molecule has 0 spiro atoms. The van der Waals surface area contributed by atoms with Gasteiger partial charge < -0.3 is 5.32 Å². The SMILES string of the molecule is C[C@H](NC1CSCC(C)(C)C1)c1cccnc1. The fourth-order valence-electron chi connectivity index (χ4n) is 2.45. The summed E-state index contributed by atoms with van der Waals surface area (Å²) in [6.45, 7) is 6.95. The molecule has 1 aromatic rings. The van der Waals surface area contributed by atoms with Gasteiger partial charge in [-0.3, -0.25) is 4.98 Å². The minimum absolute atomic E-state index is 0.392. The lowest BCUT2D eigenvalue weighted by molar-refractivity contribution is 0.305. The summed E-state index contributed by atoms with van der Waals surface area (Å²) < 4.78 is 0. The molecule has 1 aromatic heterocycles. The van der Waals surface area contributed by atoms with Gasteiger partial charge in [0.25, 0.3) is 0 Å². The Morgan fingerprint density at radius 2 is 2.35 bits per heavy atom. The number of pyridine rings is 1. The van der Waals surface area contributed by atoms with Gasteiger partial charge in [0.05, 0.1) is 0 Å². The molecule has 1 unspecified atom stereocenters. The van der Waals surface area contributed by atoms with Crippen molar-refractivity contribution in [2.24, 2.45) is 5.41 Å².